The van der Waals surface area contributed by atoms with Gasteiger partial charge in [0.1, 0.15) is 6.04 Å². The van der Waals surface area contributed by atoms with Gasteiger partial charge in [0.25, 0.3) is 5.91 Å². The molecule has 0 aliphatic carbocycles. The van der Waals surface area contributed by atoms with E-state index in [2.05, 4.69) is 21.6 Å². The first-order chi connectivity index (χ1) is 13.0. The summed E-state index contributed by atoms with van der Waals surface area (Å²) in [6, 6.07) is 5.55. The highest BCUT2D eigenvalue weighted by molar-refractivity contribution is 6.05. The number of nitrogens with zero attached hydrogens (tertiary/aromatic N) is 2. The van der Waals surface area contributed by atoms with Crippen LogP contribution in [0.3, 0.4) is 0 Å². The van der Waals surface area contributed by atoms with Gasteiger partial charge in [0.05, 0.1) is 0 Å². The molecule has 0 bridgehead atoms. The molecule has 7 nitrogen and oxygen atoms in total. The van der Waals surface area contributed by atoms with Crippen LogP contribution in [0.15, 0.2) is 18.2 Å². The van der Waals surface area contributed by atoms with E-state index in [1.165, 1.54) is 12.8 Å². The summed E-state index contributed by atoms with van der Waals surface area (Å²) in [6.07, 6.45) is 3.14. The van der Waals surface area contributed by atoms with Crippen molar-refractivity contribution in [3.05, 3.63) is 34.9 Å². The van der Waals surface area contributed by atoms with Gasteiger partial charge in [-0.2, -0.15) is 0 Å². The summed E-state index contributed by atoms with van der Waals surface area (Å²) in [6.45, 7) is 4.57. The quantitative estimate of drug-likeness (QED) is 0.754. The molecule has 3 fully saturated rings. The van der Waals surface area contributed by atoms with Gasteiger partial charge in [-0.1, -0.05) is 12.1 Å². The van der Waals surface area contributed by atoms with Crippen molar-refractivity contribution in [2.24, 2.45) is 0 Å². The van der Waals surface area contributed by atoms with E-state index in [0.29, 0.717) is 24.1 Å². The Labute approximate surface area is 158 Å². The average Bonchev–Trinajstić information content (AvgIpc) is 3.18. The number of nitrogens with one attached hydrogen (secondary N) is 2. The Balaban J connectivity index is 1.29. The van der Waals surface area contributed by atoms with E-state index in [1.807, 2.05) is 12.1 Å². The fraction of sp³-hybridized carbons (Fsp3) is 0.550. The molecular formula is C20H24N4O3. The van der Waals surface area contributed by atoms with Crippen LogP contribution in [0.2, 0.25) is 0 Å². The smallest absolute Gasteiger partial charge is 0.255 e. The van der Waals surface area contributed by atoms with Gasteiger partial charge < -0.3 is 10.2 Å². The third-order valence-electron chi connectivity index (χ3n) is 6.54. The number of hydrogen-bond donors (Lipinski definition) is 2. The zero-order valence-electron chi connectivity index (χ0n) is 15.3. The highest BCUT2D eigenvalue weighted by atomic mass is 16.2. The van der Waals surface area contributed by atoms with E-state index >= 15 is 0 Å². The van der Waals surface area contributed by atoms with Crippen LogP contribution in [0, 0.1) is 0 Å². The number of hydrogen-bond acceptors (Lipinski definition) is 5. The maximum Gasteiger partial charge on any atom is 0.255 e. The highest BCUT2D eigenvalue weighted by Gasteiger charge is 2.42. The summed E-state index contributed by atoms with van der Waals surface area (Å²) in [5.41, 5.74) is 3.14. The minimum absolute atomic E-state index is 0.0973. The molecule has 1 spiro atoms. The summed E-state index contributed by atoms with van der Waals surface area (Å²) in [7, 11) is 0. The first-order valence-electron chi connectivity index (χ1n) is 9.77. The molecule has 4 aliphatic rings. The van der Waals surface area contributed by atoms with E-state index in [1.54, 1.807) is 4.90 Å². The lowest BCUT2D eigenvalue weighted by atomic mass is 9.87. The Morgan fingerprint density at radius 2 is 2.04 bits per heavy atom. The predicted molar refractivity (Wildman–Crippen MR) is 97.7 cm³/mol. The number of imide groups is 1. The second-order valence-electron chi connectivity index (χ2n) is 8.31. The Kier molecular flexibility index (Phi) is 3.84. The molecule has 4 heterocycles. The van der Waals surface area contributed by atoms with E-state index in [0.717, 1.165) is 37.3 Å². The molecular weight excluding hydrogens is 344 g/mol. The van der Waals surface area contributed by atoms with Gasteiger partial charge in [-0.25, -0.2) is 0 Å². The normalized spacial score (nSPS) is 30.6. The SMILES string of the molecule is O=C1CCC(N2Cc3ccc(CN4CCC5(CCN5)C4)cc3C2=O)C(=O)N1. The fourth-order valence-electron chi connectivity index (χ4n) is 4.88. The Morgan fingerprint density at radius 3 is 2.74 bits per heavy atom. The van der Waals surface area contributed by atoms with E-state index < -0.39 is 6.04 Å². The number of amides is 3. The van der Waals surface area contributed by atoms with E-state index in [4.69, 9.17) is 0 Å². The molecule has 2 N–H and O–H groups in total. The molecule has 0 aromatic heterocycles. The Bertz CT molecular complexity index is 833. The van der Waals surface area contributed by atoms with Crippen molar-refractivity contribution < 1.29 is 14.4 Å². The topological polar surface area (TPSA) is 81.8 Å². The van der Waals surface area contributed by atoms with Crippen molar-refractivity contribution in [2.45, 2.75) is 50.4 Å². The maximum absolute atomic E-state index is 12.9. The number of benzene rings is 1. The summed E-state index contributed by atoms with van der Waals surface area (Å²) in [4.78, 5) is 40.5. The van der Waals surface area contributed by atoms with Crippen LogP contribution in [0.5, 0.6) is 0 Å². The predicted octanol–water partition coefficient (Wildman–Crippen LogP) is 0.385. The lowest BCUT2D eigenvalue weighted by Gasteiger charge is -2.40. The molecule has 2 atom stereocenters. The molecule has 7 heteroatoms. The largest absolute Gasteiger partial charge is 0.322 e. The maximum atomic E-state index is 12.9. The van der Waals surface area contributed by atoms with Crippen molar-refractivity contribution in [3.8, 4) is 0 Å². The molecule has 142 valence electrons. The number of rotatable bonds is 3. The van der Waals surface area contributed by atoms with Gasteiger partial charge in [-0.3, -0.25) is 24.6 Å². The summed E-state index contributed by atoms with van der Waals surface area (Å²) in [5.74, 6) is -0.713. The van der Waals surface area contributed by atoms with Gasteiger partial charge in [-0.15, -0.1) is 0 Å². The summed E-state index contributed by atoms with van der Waals surface area (Å²) >= 11 is 0. The van der Waals surface area contributed by atoms with Gasteiger partial charge in [0.15, 0.2) is 0 Å². The summed E-state index contributed by atoms with van der Waals surface area (Å²) < 4.78 is 0. The fourth-order valence-corrected chi connectivity index (χ4v) is 4.88. The van der Waals surface area contributed by atoms with Gasteiger partial charge in [-0.05, 0) is 43.0 Å². The number of likely N-dealkylation sites (tertiary alicyclic amines) is 1. The Hall–Kier alpha value is -2.25. The third kappa shape index (κ3) is 2.85. The second-order valence-corrected chi connectivity index (χ2v) is 8.31. The number of carbonyl (C=O) groups is 3. The zero-order chi connectivity index (χ0) is 18.6. The van der Waals surface area contributed by atoms with E-state index in [9.17, 15) is 14.4 Å². The molecule has 1 aromatic carbocycles. The first-order valence-corrected chi connectivity index (χ1v) is 9.77. The number of piperidine rings is 1. The lowest BCUT2D eigenvalue weighted by molar-refractivity contribution is -0.136. The molecule has 27 heavy (non-hydrogen) atoms. The standard InChI is InChI=1S/C20H24N4O3/c25-17-4-3-16(18(26)22-17)24-11-14-2-1-13(9-15(14)19(24)27)10-23-8-6-20(12-23)5-7-21-20/h1-2,9,16,21H,3-8,10-12H2,(H,22,25,26). The van der Waals surface area contributed by atoms with Crippen molar-refractivity contribution in [3.63, 3.8) is 0 Å². The van der Waals surface area contributed by atoms with Crippen molar-refractivity contribution in [1.29, 1.82) is 0 Å². The molecule has 0 saturated carbocycles. The molecule has 2 unspecified atom stereocenters. The minimum Gasteiger partial charge on any atom is -0.322 e. The molecule has 5 rings (SSSR count). The van der Waals surface area contributed by atoms with Crippen LogP contribution in [0.4, 0.5) is 0 Å². The third-order valence-corrected chi connectivity index (χ3v) is 6.54. The Morgan fingerprint density at radius 1 is 1.19 bits per heavy atom. The second kappa shape index (κ2) is 6.14. The lowest BCUT2D eigenvalue weighted by Crippen LogP contribution is -2.58. The van der Waals surface area contributed by atoms with Crippen molar-refractivity contribution >= 4 is 17.7 Å². The van der Waals surface area contributed by atoms with Crippen LogP contribution < -0.4 is 10.6 Å². The van der Waals surface area contributed by atoms with Crippen LogP contribution >= 0.6 is 0 Å². The molecule has 1 aromatic rings. The van der Waals surface area contributed by atoms with Crippen LogP contribution in [0.25, 0.3) is 0 Å². The molecule has 0 radical (unpaired) electrons. The minimum atomic E-state index is -0.547. The van der Waals surface area contributed by atoms with Gasteiger partial charge in [0, 0.05) is 43.7 Å². The zero-order valence-corrected chi connectivity index (χ0v) is 15.3. The molecule has 3 amide bonds. The monoisotopic (exact) mass is 368 g/mol. The molecule has 4 aliphatic heterocycles. The van der Waals surface area contributed by atoms with Crippen LogP contribution in [0.1, 0.15) is 47.2 Å². The first kappa shape index (κ1) is 16.9. The van der Waals surface area contributed by atoms with Crippen molar-refractivity contribution in [2.75, 3.05) is 19.6 Å². The summed E-state index contributed by atoms with van der Waals surface area (Å²) in [5, 5.41) is 5.92. The van der Waals surface area contributed by atoms with Crippen LogP contribution in [-0.2, 0) is 22.7 Å². The van der Waals surface area contributed by atoms with E-state index in [-0.39, 0.29) is 24.1 Å². The van der Waals surface area contributed by atoms with Crippen LogP contribution in [-0.4, -0.2) is 58.7 Å². The highest BCUT2D eigenvalue weighted by Crippen LogP contribution is 2.32. The molecule has 3 saturated heterocycles. The van der Waals surface area contributed by atoms with Crippen molar-refractivity contribution in [1.82, 2.24) is 20.4 Å². The van der Waals surface area contributed by atoms with Gasteiger partial charge in [0.2, 0.25) is 11.8 Å². The average molecular weight is 368 g/mol. The number of carbonyl (C=O) groups excluding carboxylic acids is 3. The van der Waals surface area contributed by atoms with Gasteiger partial charge >= 0.3 is 0 Å². The number of fused-ring (bicyclic) bond motifs is 1.